The molecule has 2 aliphatic heterocycles. The van der Waals surface area contributed by atoms with Gasteiger partial charge in [-0.05, 0) is 18.2 Å². The van der Waals surface area contributed by atoms with Gasteiger partial charge in [0.25, 0.3) is 0 Å². The summed E-state index contributed by atoms with van der Waals surface area (Å²) in [6.45, 7) is 1.18. The Balaban J connectivity index is 1.16. The summed E-state index contributed by atoms with van der Waals surface area (Å²) in [6.07, 6.45) is 0.617. The Kier molecular flexibility index (Phi) is 4.90. The van der Waals surface area contributed by atoms with Crippen LogP contribution in [0.5, 0.6) is 0 Å². The molecular formula is C20H19ClF3N7O. The molecule has 2 saturated heterocycles. The van der Waals surface area contributed by atoms with E-state index in [9.17, 15) is 18.0 Å². The fraction of sp³-hybridized carbons (Fsp3) is 0.350. The van der Waals surface area contributed by atoms with Crippen LogP contribution in [0.25, 0.3) is 11.0 Å². The van der Waals surface area contributed by atoms with E-state index in [1.807, 2.05) is 11.0 Å². The van der Waals surface area contributed by atoms with Gasteiger partial charge < -0.3 is 20.5 Å². The van der Waals surface area contributed by atoms with Crippen LogP contribution in [0, 0.1) is 5.41 Å². The maximum Gasteiger partial charge on any atom is 0.401 e. The highest BCUT2D eigenvalue weighted by atomic mass is 35.5. The van der Waals surface area contributed by atoms with Crippen molar-refractivity contribution in [2.24, 2.45) is 5.41 Å². The van der Waals surface area contributed by atoms with Gasteiger partial charge in [0.2, 0.25) is 0 Å². The van der Waals surface area contributed by atoms with Gasteiger partial charge in [-0.25, -0.2) is 9.78 Å². The number of likely N-dealkylation sites (tertiary alicyclic amines) is 1. The second-order valence-electron chi connectivity index (χ2n) is 8.33. The van der Waals surface area contributed by atoms with Gasteiger partial charge in [0.1, 0.15) is 11.3 Å². The molecule has 5 heterocycles. The molecule has 3 aromatic heterocycles. The number of aromatic amines is 1. The molecule has 1 spiro atoms. The van der Waals surface area contributed by atoms with Crippen LogP contribution < -0.4 is 15.5 Å². The summed E-state index contributed by atoms with van der Waals surface area (Å²) >= 11 is 6.36. The van der Waals surface area contributed by atoms with Crippen molar-refractivity contribution in [3.8, 4) is 0 Å². The third-order valence-electron chi connectivity index (χ3n) is 5.64. The van der Waals surface area contributed by atoms with Crippen molar-refractivity contribution in [3.05, 3.63) is 41.8 Å². The van der Waals surface area contributed by atoms with Gasteiger partial charge in [-0.15, -0.1) is 0 Å². The number of alkyl halides is 3. The van der Waals surface area contributed by atoms with Gasteiger partial charge in [0.15, 0.2) is 0 Å². The number of hydrogen-bond donors (Lipinski definition) is 3. The molecule has 2 aliphatic rings. The maximum absolute atomic E-state index is 12.5. The van der Waals surface area contributed by atoms with Gasteiger partial charge in [-0.1, -0.05) is 11.6 Å². The van der Waals surface area contributed by atoms with Crippen LogP contribution in [0.4, 0.5) is 35.2 Å². The molecule has 2 fully saturated rings. The zero-order valence-corrected chi connectivity index (χ0v) is 17.5. The average Bonchev–Trinajstić information content (AvgIpc) is 3.05. The Morgan fingerprint density at radius 2 is 2.00 bits per heavy atom. The van der Waals surface area contributed by atoms with Crippen molar-refractivity contribution >= 4 is 45.9 Å². The Labute approximate surface area is 185 Å². The summed E-state index contributed by atoms with van der Waals surface area (Å²) in [4.78, 5) is 27.3. The van der Waals surface area contributed by atoms with E-state index >= 15 is 0 Å². The number of urea groups is 1. The quantitative estimate of drug-likeness (QED) is 0.543. The molecule has 0 aliphatic carbocycles. The average molecular weight is 466 g/mol. The van der Waals surface area contributed by atoms with E-state index in [4.69, 9.17) is 11.6 Å². The van der Waals surface area contributed by atoms with Crippen molar-refractivity contribution in [2.45, 2.75) is 6.18 Å². The summed E-state index contributed by atoms with van der Waals surface area (Å²) in [5, 5.41) is 5.77. The number of halogens is 4. The first-order chi connectivity index (χ1) is 15.2. The van der Waals surface area contributed by atoms with E-state index in [1.165, 1.54) is 11.1 Å². The molecule has 0 atom stereocenters. The second-order valence-corrected chi connectivity index (χ2v) is 8.73. The number of nitrogens with one attached hydrogen (secondary N) is 3. The van der Waals surface area contributed by atoms with Crippen LogP contribution in [0.15, 0.2) is 36.8 Å². The van der Waals surface area contributed by atoms with E-state index in [2.05, 4.69) is 25.6 Å². The number of carbonyl (C=O) groups excluding carboxylic acids is 1. The third kappa shape index (κ3) is 4.05. The molecule has 5 rings (SSSR count). The van der Waals surface area contributed by atoms with Crippen LogP contribution in [0.3, 0.4) is 0 Å². The lowest BCUT2D eigenvalue weighted by Crippen LogP contribution is -2.73. The normalized spacial score (nSPS) is 17.8. The highest BCUT2D eigenvalue weighted by Crippen LogP contribution is 2.44. The van der Waals surface area contributed by atoms with E-state index < -0.39 is 18.8 Å². The third-order valence-corrected chi connectivity index (χ3v) is 5.91. The molecule has 2 amide bonds. The first-order valence-electron chi connectivity index (χ1n) is 9.89. The number of carbonyl (C=O) groups is 1. The number of hydrogen-bond acceptors (Lipinski definition) is 5. The number of aromatic nitrogens is 3. The number of rotatable bonds is 4. The predicted molar refractivity (Wildman–Crippen MR) is 115 cm³/mol. The van der Waals surface area contributed by atoms with Gasteiger partial charge in [-0.3, -0.25) is 9.88 Å². The van der Waals surface area contributed by atoms with Crippen LogP contribution in [0.1, 0.15) is 0 Å². The first kappa shape index (κ1) is 20.8. The lowest BCUT2D eigenvalue weighted by atomic mass is 9.73. The molecule has 12 heteroatoms. The Hall–Kier alpha value is -3.05. The predicted octanol–water partition coefficient (Wildman–Crippen LogP) is 3.94. The van der Waals surface area contributed by atoms with Gasteiger partial charge in [0.05, 0.1) is 34.7 Å². The molecule has 8 nitrogen and oxygen atoms in total. The highest BCUT2D eigenvalue weighted by Gasteiger charge is 2.54. The number of H-pyrrole nitrogens is 1. The van der Waals surface area contributed by atoms with Crippen LogP contribution >= 0.6 is 11.6 Å². The summed E-state index contributed by atoms with van der Waals surface area (Å²) < 4.78 is 37.4. The van der Waals surface area contributed by atoms with E-state index in [-0.39, 0.29) is 5.41 Å². The lowest BCUT2D eigenvalue weighted by Gasteiger charge is -2.60. The zero-order chi connectivity index (χ0) is 22.5. The largest absolute Gasteiger partial charge is 0.401 e. The van der Waals surface area contributed by atoms with Crippen molar-refractivity contribution < 1.29 is 18.0 Å². The van der Waals surface area contributed by atoms with Crippen molar-refractivity contribution in [1.82, 2.24) is 19.9 Å². The van der Waals surface area contributed by atoms with Crippen molar-refractivity contribution in [3.63, 3.8) is 0 Å². The molecule has 3 aromatic rings. The Bertz CT molecular complexity index is 1170. The molecule has 0 saturated carbocycles. The molecule has 0 aromatic carbocycles. The minimum absolute atomic E-state index is 0.125. The minimum atomic E-state index is -4.17. The molecule has 3 N–H and O–H groups in total. The minimum Gasteiger partial charge on any atom is -0.358 e. The summed E-state index contributed by atoms with van der Waals surface area (Å²) in [5.74, 6) is 0.554. The zero-order valence-electron chi connectivity index (χ0n) is 16.7. The van der Waals surface area contributed by atoms with E-state index in [0.717, 1.165) is 5.52 Å². The Morgan fingerprint density at radius 1 is 1.22 bits per heavy atom. The number of pyridine rings is 2. The maximum atomic E-state index is 12.5. The molecule has 0 radical (unpaired) electrons. The lowest BCUT2D eigenvalue weighted by molar-refractivity contribution is -0.172. The fourth-order valence-corrected chi connectivity index (χ4v) is 4.73. The number of anilines is 3. The van der Waals surface area contributed by atoms with Gasteiger partial charge in [0, 0.05) is 44.0 Å². The van der Waals surface area contributed by atoms with Crippen molar-refractivity contribution in [1.29, 1.82) is 0 Å². The summed E-state index contributed by atoms with van der Waals surface area (Å²) in [5.41, 5.74) is 2.28. The van der Waals surface area contributed by atoms with Crippen LogP contribution in [0.2, 0.25) is 5.02 Å². The molecule has 0 bridgehead atoms. The summed E-state index contributed by atoms with van der Waals surface area (Å²) in [6, 6.07) is 4.77. The first-order valence-corrected chi connectivity index (χ1v) is 10.3. The van der Waals surface area contributed by atoms with Crippen molar-refractivity contribution in [2.75, 3.05) is 48.3 Å². The van der Waals surface area contributed by atoms with Gasteiger partial charge >= 0.3 is 12.2 Å². The van der Waals surface area contributed by atoms with Gasteiger partial charge in [-0.2, -0.15) is 13.2 Å². The smallest absolute Gasteiger partial charge is 0.358 e. The Morgan fingerprint density at radius 3 is 2.72 bits per heavy atom. The monoisotopic (exact) mass is 465 g/mol. The SMILES string of the molecule is O=C(Nc1cnc(N2CC3(CN(CC(F)(F)F)C3)C2)c(Cl)c1)Nc1c[nH]c2cccnc12. The van der Waals surface area contributed by atoms with Crippen LogP contribution in [-0.2, 0) is 0 Å². The standard InChI is InChI=1S/C20H19ClF3N7O/c21-13-4-12(28-18(32)29-15-6-26-14-2-1-3-25-16(14)15)5-27-17(13)31-9-19(10-31)7-30(8-19)11-20(22,23)24/h1-6,26H,7-11H2,(H2,28,29,32). The number of amides is 2. The number of fused-ring (bicyclic) bond motifs is 1. The van der Waals surface area contributed by atoms with Crippen LogP contribution in [-0.4, -0.2) is 64.8 Å². The highest BCUT2D eigenvalue weighted by molar-refractivity contribution is 6.33. The molecule has 32 heavy (non-hydrogen) atoms. The second kappa shape index (κ2) is 7.52. The van der Waals surface area contributed by atoms with E-state index in [0.29, 0.717) is 53.9 Å². The summed E-state index contributed by atoms with van der Waals surface area (Å²) in [7, 11) is 0. The molecule has 168 valence electrons. The molecule has 0 unspecified atom stereocenters. The molecular weight excluding hydrogens is 447 g/mol. The fourth-order valence-electron chi connectivity index (χ4n) is 4.45. The topological polar surface area (TPSA) is 89.2 Å². The van der Waals surface area contributed by atoms with E-state index in [1.54, 1.807) is 24.5 Å². The number of nitrogens with zero attached hydrogens (tertiary/aromatic N) is 4.